The zero-order valence-corrected chi connectivity index (χ0v) is 16.7. The number of hydrogen-bond acceptors (Lipinski definition) is 5. The Labute approximate surface area is 173 Å². The maximum Gasteiger partial charge on any atom is 0.248 e. The van der Waals surface area contributed by atoms with Gasteiger partial charge in [-0.15, -0.1) is 0 Å². The summed E-state index contributed by atoms with van der Waals surface area (Å²) in [6.07, 6.45) is 1.06. The van der Waals surface area contributed by atoms with Gasteiger partial charge < -0.3 is 9.84 Å². The molecule has 0 saturated heterocycles. The van der Waals surface area contributed by atoms with Gasteiger partial charge in [-0.3, -0.25) is 9.63 Å². The third kappa shape index (κ3) is 5.88. The zero-order chi connectivity index (χ0) is 20.6. The SMILES string of the molecule is COCC(O)CONC(=O)Cc1cn(-c2ccccc2)nc1-c1ccc(Cl)cc1. The van der Waals surface area contributed by atoms with E-state index in [9.17, 15) is 9.90 Å². The minimum absolute atomic E-state index is 0.0607. The van der Waals surface area contributed by atoms with Crippen LogP contribution in [0, 0.1) is 0 Å². The van der Waals surface area contributed by atoms with Crippen molar-refractivity contribution < 1.29 is 19.5 Å². The average molecular weight is 416 g/mol. The Bertz CT molecular complexity index is 929. The molecule has 0 bridgehead atoms. The molecule has 7 nitrogen and oxygen atoms in total. The first-order valence-corrected chi connectivity index (χ1v) is 9.42. The van der Waals surface area contributed by atoms with Crippen LogP contribution in [0.5, 0.6) is 0 Å². The van der Waals surface area contributed by atoms with E-state index in [0.717, 1.165) is 16.8 Å². The summed E-state index contributed by atoms with van der Waals surface area (Å²) in [6, 6.07) is 16.9. The normalized spacial score (nSPS) is 12.0. The van der Waals surface area contributed by atoms with Crippen molar-refractivity contribution in [2.24, 2.45) is 0 Å². The van der Waals surface area contributed by atoms with Crippen molar-refractivity contribution >= 4 is 17.5 Å². The Kier molecular flexibility index (Phi) is 7.37. The topological polar surface area (TPSA) is 85.6 Å². The van der Waals surface area contributed by atoms with Crippen LogP contribution in [-0.2, 0) is 20.8 Å². The summed E-state index contributed by atoms with van der Waals surface area (Å²) in [7, 11) is 1.48. The Morgan fingerprint density at radius 1 is 1.17 bits per heavy atom. The monoisotopic (exact) mass is 415 g/mol. The van der Waals surface area contributed by atoms with Crippen LogP contribution in [0.1, 0.15) is 5.56 Å². The first kappa shape index (κ1) is 21.0. The number of halogens is 1. The number of para-hydroxylation sites is 1. The molecular weight excluding hydrogens is 394 g/mol. The standard InChI is InChI=1S/C21H22ClN3O4/c1-28-13-19(26)14-29-24-20(27)11-16-12-25(18-5-3-2-4-6-18)23-21(16)15-7-9-17(22)10-8-15/h2-10,12,19,26H,11,13-14H2,1H3,(H,24,27). The molecule has 1 heterocycles. The van der Waals surface area contributed by atoms with Gasteiger partial charge in [0, 0.05) is 29.5 Å². The molecule has 2 aromatic carbocycles. The third-order valence-electron chi connectivity index (χ3n) is 4.10. The minimum atomic E-state index is -0.814. The molecule has 3 aromatic rings. The number of carbonyl (C=O) groups excluding carboxylic acids is 1. The summed E-state index contributed by atoms with van der Waals surface area (Å²) in [4.78, 5) is 17.4. The van der Waals surface area contributed by atoms with Gasteiger partial charge in [0.15, 0.2) is 0 Å². The number of aliphatic hydroxyl groups is 1. The highest BCUT2D eigenvalue weighted by molar-refractivity contribution is 6.30. The highest BCUT2D eigenvalue weighted by atomic mass is 35.5. The molecule has 0 radical (unpaired) electrons. The van der Waals surface area contributed by atoms with Crippen LogP contribution < -0.4 is 5.48 Å². The van der Waals surface area contributed by atoms with Gasteiger partial charge in [0.1, 0.15) is 12.7 Å². The lowest BCUT2D eigenvalue weighted by Crippen LogP contribution is -2.31. The second-order valence-electron chi connectivity index (χ2n) is 6.41. The molecule has 3 rings (SSSR count). The van der Waals surface area contributed by atoms with Crippen molar-refractivity contribution in [1.29, 1.82) is 0 Å². The molecule has 0 saturated carbocycles. The fraction of sp³-hybridized carbons (Fsp3) is 0.238. The van der Waals surface area contributed by atoms with E-state index in [4.69, 9.17) is 21.2 Å². The number of nitrogens with one attached hydrogen (secondary N) is 1. The number of hydroxylamine groups is 1. The van der Waals surface area contributed by atoms with Crippen LogP contribution in [-0.4, -0.2) is 47.2 Å². The van der Waals surface area contributed by atoms with Gasteiger partial charge in [-0.25, -0.2) is 10.2 Å². The number of hydrogen-bond donors (Lipinski definition) is 2. The zero-order valence-electron chi connectivity index (χ0n) is 15.9. The van der Waals surface area contributed by atoms with E-state index in [2.05, 4.69) is 10.6 Å². The van der Waals surface area contributed by atoms with Crippen LogP contribution in [0.4, 0.5) is 0 Å². The van der Waals surface area contributed by atoms with Crippen molar-refractivity contribution in [2.45, 2.75) is 12.5 Å². The van der Waals surface area contributed by atoms with Crippen molar-refractivity contribution in [3.63, 3.8) is 0 Å². The molecule has 1 unspecified atom stereocenters. The van der Waals surface area contributed by atoms with Gasteiger partial charge in [-0.1, -0.05) is 41.9 Å². The number of carbonyl (C=O) groups is 1. The molecule has 152 valence electrons. The number of amides is 1. The molecule has 0 aliphatic heterocycles. The Balaban J connectivity index is 1.78. The van der Waals surface area contributed by atoms with Crippen molar-refractivity contribution in [3.05, 3.63) is 71.4 Å². The molecule has 29 heavy (non-hydrogen) atoms. The van der Waals surface area contributed by atoms with E-state index < -0.39 is 6.10 Å². The van der Waals surface area contributed by atoms with Crippen LogP contribution in [0.2, 0.25) is 5.02 Å². The Morgan fingerprint density at radius 2 is 1.90 bits per heavy atom. The number of benzene rings is 2. The highest BCUT2D eigenvalue weighted by Gasteiger charge is 2.16. The Morgan fingerprint density at radius 3 is 2.59 bits per heavy atom. The van der Waals surface area contributed by atoms with E-state index in [-0.39, 0.29) is 25.5 Å². The maximum atomic E-state index is 12.3. The first-order valence-electron chi connectivity index (χ1n) is 9.04. The van der Waals surface area contributed by atoms with Gasteiger partial charge in [0.25, 0.3) is 0 Å². The van der Waals surface area contributed by atoms with E-state index in [1.54, 1.807) is 16.8 Å². The van der Waals surface area contributed by atoms with Crippen LogP contribution in [0.25, 0.3) is 16.9 Å². The average Bonchev–Trinajstić information content (AvgIpc) is 3.13. The van der Waals surface area contributed by atoms with E-state index in [1.165, 1.54) is 7.11 Å². The van der Waals surface area contributed by atoms with Crippen molar-refractivity contribution in [3.8, 4) is 16.9 Å². The highest BCUT2D eigenvalue weighted by Crippen LogP contribution is 2.25. The summed E-state index contributed by atoms with van der Waals surface area (Å²) in [5.74, 6) is -0.350. The van der Waals surface area contributed by atoms with Crippen LogP contribution in [0.15, 0.2) is 60.8 Å². The molecular formula is C21H22ClN3O4. The van der Waals surface area contributed by atoms with Crippen LogP contribution in [0.3, 0.4) is 0 Å². The molecule has 1 amide bonds. The fourth-order valence-corrected chi connectivity index (χ4v) is 2.90. The van der Waals surface area contributed by atoms with E-state index in [1.807, 2.05) is 48.7 Å². The Hall–Kier alpha value is -2.71. The lowest BCUT2D eigenvalue weighted by molar-refractivity contribution is -0.136. The molecule has 8 heteroatoms. The molecule has 0 aliphatic carbocycles. The van der Waals surface area contributed by atoms with E-state index in [0.29, 0.717) is 10.7 Å². The quantitative estimate of drug-likeness (QED) is 0.525. The number of nitrogens with zero attached hydrogens (tertiary/aromatic N) is 2. The number of ether oxygens (including phenoxy) is 1. The second kappa shape index (κ2) is 10.2. The number of rotatable bonds is 9. The van der Waals surface area contributed by atoms with Gasteiger partial charge >= 0.3 is 0 Å². The predicted molar refractivity (Wildman–Crippen MR) is 110 cm³/mol. The van der Waals surface area contributed by atoms with Crippen molar-refractivity contribution in [2.75, 3.05) is 20.3 Å². The lowest BCUT2D eigenvalue weighted by atomic mass is 10.1. The first-order chi connectivity index (χ1) is 14.1. The molecule has 1 aromatic heterocycles. The van der Waals surface area contributed by atoms with Gasteiger partial charge in [0.05, 0.1) is 24.4 Å². The minimum Gasteiger partial charge on any atom is -0.388 e. The van der Waals surface area contributed by atoms with Crippen LogP contribution >= 0.6 is 11.6 Å². The third-order valence-corrected chi connectivity index (χ3v) is 4.35. The van der Waals surface area contributed by atoms with Crippen molar-refractivity contribution in [1.82, 2.24) is 15.3 Å². The number of methoxy groups -OCH3 is 1. The van der Waals surface area contributed by atoms with E-state index >= 15 is 0 Å². The summed E-state index contributed by atoms with van der Waals surface area (Å²) < 4.78 is 6.54. The van der Waals surface area contributed by atoms with Gasteiger partial charge in [0.2, 0.25) is 5.91 Å². The summed E-state index contributed by atoms with van der Waals surface area (Å²) in [6.45, 7) is 0.0628. The summed E-state index contributed by atoms with van der Waals surface area (Å²) in [5, 5.41) is 14.9. The summed E-state index contributed by atoms with van der Waals surface area (Å²) in [5.41, 5.74) is 5.49. The molecule has 0 spiro atoms. The van der Waals surface area contributed by atoms with Gasteiger partial charge in [-0.05, 0) is 24.3 Å². The number of aromatic nitrogens is 2. The second-order valence-corrected chi connectivity index (χ2v) is 6.85. The smallest absolute Gasteiger partial charge is 0.248 e. The lowest BCUT2D eigenvalue weighted by Gasteiger charge is -2.10. The summed E-state index contributed by atoms with van der Waals surface area (Å²) >= 11 is 5.99. The maximum absolute atomic E-state index is 12.3. The predicted octanol–water partition coefficient (Wildman–Crippen LogP) is 2.79. The molecule has 1 atom stereocenters. The molecule has 0 fully saturated rings. The largest absolute Gasteiger partial charge is 0.388 e. The number of aliphatic hydroxyl groups excluding tert-OH is 1. The molecule has 0 aliphatic rings. The van der Waals surface area contributed by atoms with Gasteiger partial charge in [-0.2, -0.15) is 5.10 Å². The molecule has 2 N–H and O–H groups in total. The fourth-order valence-electron chi connectivity index (χ4n) is 2.77.